The van der Waals surface area contributed by atoms with Gasteiger partial charge in [0.2, 0.25) is 0 Å². The number of benzene rings is 1. The summed E-state index contributed by atoms with van der Waals surface area (Å²) in [6.45, 7) is 1.90. The topological polar surface area (TPSA) is 46.6 Å². The van der Waals surface area contributed by atoms with Crippen LogP contribution in [0.2, 0.25) is 0 Å². The van der Waals surface area contributed by atoms with Crippen molar-refractivity contribution in [3.05, 3.63) is 23.8 Å². The molecule has 0 spiro atoms. The van der Waals surface area contributed by atoms with Gasteiger partial charge in [-0.15, -0.1) is 11.6 Å². The summed E-state index contributed by atoms with van der Waals surface area (Å²) >= 11 is 5.52. The molecule has 0 fully saturated rings. The van der Waals surface area contributed by atoms with Gasteiger partial charge in [-0.3, -0.25) is 9.59 Å². The number of amides is 1. The summed E-state index contributed by atoms with van der Waals surface area (Å²) in [5, 5.41) is 0. The zero-order valence-electron chi connectivity index (χ0n) is 10.3. The SMILES string of the molecule is CCC1Oc2ccc(C(=O)CCl)cc2N(C)C1=O. The second-order valence-electron chi connectivity index (χ2n) is 4.15. The fourth-order valence-electron chi connectivity index (χ4n) is 1.93. The molecule has 4 nitrogen and oxygen atoms in total. The Labute approximate surface area is 110 Å². The van der Waals surface area contributed by atoms with Gasteiger partial charge in [0.15, 0.2) is 11.9 Å². The Morgan fingerprint density at radius 2 is 2.22 bits per heavy atom. The maximum absolute atomic E-state index is 12.0. The van der Waals surface area contributed by atoms with Gasteiger partial charge in [0, 0.05) is 12.6 Å². The van der Waals surface area contributed by atoms with Crippen molar-refractivity contribution in [2.45, 2.75) is 19.4 Å². The van der Waals surface area contributed by atoms with Crippen molar-refractivity contribution in [2.24, 2.45) is 0 Å². The van der Waals surface area contributed by atoms with Crippen molar-refractivity contribution in [3.63, 3.8) is 0 Å². The fourth-order valence-corrected chi connectivity index (χ4v) is 2.08. The monoisotopic (exact) mass is 267 g/mol. The van der Waals surface area contributed by atoms with E-state index in [1.165, 1.54) is 4.90 Å². The van der Waals surface area contributed by atoms with E-state index < -0.39 is 6.10 Å². The minimum Gasteiger partial charge on any atom is -0.478 e. The van der Waals surface area contributed by atoms with Gasteiger partial charge in [-0.05, 0) is 24.6 Å². The summed E-state index contributed by atoms with van der Waals surface area (Å²) < 4.78 is 5.60. The number of anilines is 1. The molecule has 1 atom stereocenters. The second kappa shape index (κ2) is 4.98. The third-order valence-corrected chi connectivity index (χ3v) is 3.25. The molecule has 1 aromatic carbocycles. The van der Waals surface area contributed by atoms with E-state index in [1.807, 2.05) is 6.92 Å². The molecule has 0 radical (unpaired) electrons. The number of Topliss-reactive ketones (excluding diaryl/α,β-unsaturated/α-hetero) is 1. The third-order valence-electron chi connectivity index (χ3n) is 3.01. The molecule has 0 N–H and O–H groups in total. The quantitative estimate of drug-likeness (QED) is 0.623. The highest BCUT2D eigenvalue weighted by atomic mass is 35.5. The lowest BCUT2D eigenvalue weighted by Crippen LogP contribution is -2.43. The van der Waals surface area contributed by atoms with Crippen LogP contribution in [-0.4, -0.2) is 30.7 Å². The van der Waals surface area contributed by atoms with Crippen LogP contribution in [0.3, 0.4) is 0 Å². The van der Waals surface area contributed by atoms with E-state index in [0.29, 0.717) is 23.4 Å². The Morgan fingerprint density at radius 1 is 1.50 bits per heavy atom. The summed E-state index contributed by atoms with van der Waals surface area (Å²) in [7, 11) is 1.68. The average molecular weight is 268 g/mol. The minimum absolute atomic E-state index is 0.0745. The van der Waals surface area contributed by atoms with Crippen LogP contribution in [-0.2, 0) is 4.79 Å². The fraction of sp³-hybridized carbons (Fsp3) is 0.385. The molecule has 1 heterocycles. The number of halogens is 1. The Bertz CT molecular complexity index is 501. The van der Waals surface area contributed by atoms with Crippen LogP contribution in [0.5, 0.6) is 5.75 Å². The van der Waals surface area contributed by atoms with Crippen LogP contribution in [0, 0.1) is 0 Å². The first-order chi connectivity index (χ1) is 8.58. The lowest BCUT2D eigenvalue weighted by Gasteiger charge is -2.31. The first-order valence-corrected chi connectivity index (χ1v) is 6.29. The molecule has 1 aliphatic heterocycles. The lowest BCUT2D eigenvalue weighted by molar-refractivity contribution is -0.126. The zero-order chi connectivity index (χ0) is 13.3. The largest absolute Gasteiger partial charge is 0.478 e. The Morgan fingerprint density at radius 3 is 2.83 bits per heavy atom. The number of carbonyl (C=O) groups is 2. The Kier molecular flexibility index (Phi) is 3.57. The van der Waals surface area contributed by atoms with E-state index in [1.54, 1.807) is 25.2 Å². The number of ketones is 1. The first kappa shape index (κ1) is 12.9. The Hall–Kier alpha value is -1.55. The zero-order valence-corrected chi connectivity index (χ0v) is 11.0. The van der Waals surface area contributed by atoms with E-state index >= 15 is 0 Å². The molecule has 0 bridgehead atoms. The van der Waals surface area contributed by atoms with Gasteiger partial charge in [-0.1, -0.05) is 6.92 Å². The van der Waals surface area contributed by atoms with Crippen molar-refractivity contribution < 1.29 is 14.3 Å². The minimum atomic E-state index is -0.447. The molecule has 18 heavy (non-hydrogen) atoms. The predicted molar refractivity (Wildman–Crippen MR) is 69.6 cm³/mol. The van der Waals surface area contributed by atoms with Crippen LogP contribution in [0.25, 0.3) is 0 Å². The van der Waals surface area contributed by atoms with Crippen LogP contribution >= 0.6 is 11.6 Å². The van der Waals surface area contributed by atoms with Crippen LogP contribution in [0.4, 0.5) is 5.69 Å². The summed E-state index contributed by atoms with van der Waals surface area (Å²) in [5.74, 6) is 0.281. The molecular weight excluding hydrogens is 254 g/mol. The van der Waals surface area contributed by atoms with E-state index in [0.717, 1.165) is 0 Å². The molecule has 96 valence electrons. The molecule has 5 heteroatoms. The van der Waals surface area contributed by atoms with Gasteiger partial charge in [-0.25, -0.2) is 0 Å². The molecule has 0 aliphatic carbocycles. The molecule has 1 amide bonds. The maximum atomic E-state index is 12.0. The van der Waals surface area contributed by atoms with Crippen LogP contribution in [0.15, 0.2) is 18.2 Å². The molecule has 0 saturated carbocycles. The Balaban J connectivity index is 2.42. The summed E-state index contributed by atoms with van der Waals surface area (Å²) in [6.07, 6.45) is 0.169. The van der Waals surface area contributed by atoms with Crippen LogP contribution < -0.4 is 9.64 Å². The van der Waals surface area contributed by atoms with E-state index in [-0.39, 0.29) is 17.6 Å². The summed E-state index contributed by atoms with van der Waals surface area (Å²) in [6, 6.07) is 5.02. The lowest BCUT2D eigenvalue weighted by atomic mass is 10.1. The number of nitrogens with zero attached hydrogens (tertiary/aromatic N) is 1. The predicted octanol–water partition coefficient (Wildman–Crippen LogP) is 2.24. The van der Waals surface area contributed by atoms with Crippen molar-refractivity contribution in [3.8, 4) is 5.75 Å². The molecule has 2 rings (SSSR count). The smallest absolute Gasteiger partial charge is 0.267 e. The van der Waals surface area contributed by atoms with Gasteiger partial charge in [0.1, 0.15) is 5.75 Å². The van der Waals surface area contributed by atoms with Gasteiger partial charge >= 0.3 is 0 Å². The van der Waals surface area contributed by atoms with Gasteiger partial charge < -0.3 is 9.64 Å². The standard InChI is InChI=1S/C13H14ClNO3/c1-3-11-13(17)15(2)9-6-8(10(16)7-14)4-5-12(9)18-11/h4-6,11H,3,7H2,1-2H3. The summed E-state index contributed by atoms with van der Waals surface area (Å²) in [4.78, 5) is 25.0. The van der Waals surface area contributed by atoms with Gasteiger partial charge in [0.25, 0.3) is 5.91 Å². The molecule has 1 aliphatic rings. The van der Waals surface area contributed by atoms with Gasteiger partial charge in [0.05, 0.1) is 11.6 Å². The van der Waals surface area contributed by atoms with Crippen molar-refractivity contribution in [1.29, 1.82) is 0 Å². The number of hydrogen-bond acceptors (Lipinski definition) is 3. The molecule has 1 unspecified atom stereocenters. The molecule has 0 saturated heterocycles. The molecule has 0 aromatic heterocycles. The number of likely N-dealkylation sites (N-methyl/N-ethyl adjacent to an activating group) is 1. The van der Waals surface area contributed by atoms with E-state index in [9.17, 15) is 9.59 Å². The third kappa shape index (κ3) is 2.08. The number of fused-ring (bicyclic) bond motifs is 1. The first-order valence-electron chi connectivity index (χ1n) is 5.76. The second-order valence-corrected chi connectivity index (χ2v) is 4.42. The molecule has 1 aromatic rings. The molecular formula is C13H14ClNO3. The highest BCUT2D eigenvalue weighted by molar-refractivity contribution is 6.30. The van der Waals surface area contributed by atoms with Crippen molar-refractivity contribution in [2.75, 3.05) is 17.8 Å². The number of ether oxygens (including phenoxy) is 1. The van der Waals surface area contributed by atoms with Crippen LogP contribution in [0.1, 0.15) is 23.7 Å². The summed E-state index contributed by atoms with van der Waals surface area (Å²) in [5.41, 5.74) is 1.10. The highest BCUT2D eigenvalue weighted by Gasteiger charge is 2.31. The number of hydrogen-bond donors (Lipinski definition) is 0. The number of rotatable bonds is 3. The highest BCUT2D eigenvalue weighted by Crippen LogP contribution is 2.34. The average Bonchev–Trinajstić information content (AvgIpc) is 2.41. The number of carbonyl (C=O) groups excluding carboxylic acids is 2. The van der Waals surface area contributed by atoms with Crippen molar-refractivity contribution >= 4 is 29.0 Å². The van der Waals surface area contributed by atoms with Gasteiger partial charge in [-0.2, -0.15) is 0 Å². The normalized spacial score (nSPS) is 18.3. The number of alkyl halides is 1. The van der Waals surface area contributed by atoms with Crippen molar-refractivity contribution in [1.82, 2.24) is 0 Å². The van der Waals surface area contributed by atoms with E-state index in [4.69, 9.17) is 16.3 Å². The van der Waals surface area contributed by atoms with E-state index in [2.05, 4.69) is 0 Å². The maximum Gasteiger partial charge on any atom is 0.267 e.